The van der Waals surface area contributed by atoms with Crippen molar-refractivity contribution < 1.29 is 13.9 Å². The van der Waals surface area contributed by atoms with Crippen LogP contribution in [0.3, 0.4) is 0 Å². The summed E-state index contributed by atoms with van der Waals surface area (Å²) in [5, 5.41) is 3.79. The lowest BCUT2D eigenvalue weighted by molar-refractivity contribution is -0.123. The number of furan rings is 1. The molecule has 0 saturated heterocycles. The number of hydrogen-bond acceptors (Lipinski definition) is 5. The van der Waals surface area contributed by atoms with Crippen molar-refractivity contribution in [3.63, 3.8) is 0 Å². The van der Waals surface area contributed by atoms with Gasteiger partial charge in [0.25, 0.3) is 5.91 Å². The van der Waals surface area contributed by atoms with E-state index in [1.807, 2.05) is 37.2 Å². The summed E-state index contributed by atoms with van der Waals surface area (Å²) in [6.45, 7) is -0.115. The fraction of sp³-hybridized carbons (Fsp3) is 0.200. The Morgan fingerprint density at radius 1 is 1.41 bits per heavy atom. The number of halogens is 1. The number of nitrogens with one attached hydrogen (secondary N) is 1. The molecule has 0 unspecified atom stereocenters. The fourth-order valence-corrected chi connectivity index (χ4v) is 1.92. The second kappa shape index (κ2) is 7.65. The van der Waals surface area contributed by atoms with E-state index in [9.17, 15) is 4.79 Å². The van der Waals surface area contributed by atoms with Crippen LogP contribution >= 0.6 is 15.9 Å². The van der Waals surface area contributed by atoms with E-state index in [1.54, 1.807) is 18.2 Å². The van der Waals surface area contributed by atoms with Crippen LogP contribution in [-0.2, 0) is 4.79 Å². The highest BCUT2D eigenvalue weighted by atomic mass is 79.9. The molecule has 2 aromatic rings. The number of rotatable bonds is 6. The van der Waals surface area contributed by atoms with Gasteiger partial charge in [-0.2, -0.15) is 5.10 Å². The van der Waals surface area contributed by atoms with Crippen LogP contribution in [0.4, 0.5) is 5.69 Å². The van der Waals surface area contributed by atoms with Crippen molar-refractivity contribution in [1.29, 1.82) is 0 Å². The maximum absolute atomic E-state index is 11.6. The lowest BCUT2D eigenvalue weighted by atomic mass is 10.3. The third kappa shape index (κ3) is 4.92. The molecule has 0 fully saturated rings. The molecule has 0 spiro atoms. The monoisotopic (exact) mass is 365 g/mol. The van der Waals surface area contributed by atoms with Crippen LogP contribution in [0.1, 0.15) is 5.76 Å². The number of amides is 1. The van der Waals surface area contributed by atoms with E-state index < -0.39 is 0 Å². The molecule has 7 heteroatoms. The molecule has 1 amide bonds. The van der Waals surface area contributed by atoms with E-state index in [0.717, 1.165) is 5.69 Å². The number of nitrogens with zero attached hydrogens (tertiary/aromatic N) is 2. The van der Waals surface area contributed by atoms with Gasteiger partial charge in [0, 0.05) is 25.8 Å². The van der Waals surface area contributed by atoms with Crippen LogP contribution in [0.25, 0.3) is 0 Å². The number of ether oxygens (including phenoxy) is 1. The van der Waals surface area contributed by atoms with Crippen LogP contribution in [0.2, 0.25) is 0 Å². The van der Waals surface area contributed by atoms with Crippen LogP contribution in [0, 0.1) is 0 Å². The first-order valence-corrected chi connectivity index (χ1v) is 7.31. The van der Waals surface area contributed by atoms with Crippen LogP contribution in [-0.4, -0.2) is 32.8 Å². The Labute approximate surface area is 136 Å². The highest BCUT2D eigenvalue weighted by Gasteiger charge is 2.03. The molecule has 22 heavy (non-hydrogen) atoms. The first-order valence-electron chi connectivity index (χ1n) is 6.52. The van der Waals surface area contributed by atoms with Crippen molar-refractivity contribution in [2.45, 2.75) is 0 Å². The number of hydrogen-bond donors (Lipinski definition) is 1. The van der Waals surface area contributed by atoms with Crippen molar-refractivity contribution in [1.82, 2.24) is 5.43 Å². The smallest absolute Gasteiger partial charge is 0.277 e. The van der Waals surface area contributed by atoms with E-state index in [1.165, 1.54) is 6.21 Å². The zero-order chi connectivity index (χ0) is 15.9. The molecular weight excluding hydrogens is 350 g/mol. The molecule has 6 nitrogen and oxygen atoms in total. The molecule has 116 valence electrons. The van der Waals surface area contributed by atoms with Gasteiger partial charge in [-0.25, -0.2) is 5.43 Å². The molecule has 0 saturated carbocycles. The van der Waals surface area contributed by atoms with E-state index in [0.29, 0.717) is 16.2 Å². The average Bonchev–Trinajstić information content (AvgIpc) is 2.91. The van der Waals surface area contributed by atoms with Crippen LogP contribution in [0.5, 0.6) is 5.75 Å². The number of anilines is 1. The van der Waals surface area contributed by atoms with E-state index in [2.05, 4.69) is 26.5 Å². The molecule has 0 aliphatic rings. The van der Waals surface area contributed by atoms with Crippen molar-refractivity contribution in [3.05, 3.63) is 46.8 Å². The Kier molecular flexibility index (Phi) is 5.60. The van der Waals surface area contributed by atoms with E-state index in [-0.39, 0.29) is 12.5 Å². The van der Waals surface area contributed by atoms with Crippen molar-refractivity contribution in [2.75, 3.05) is 25.6 Å². The Balaban J connectivity index is 1.80. The summed E-state index contributed by atoms with van der Waals surface area (Å²) in [5.74, 6) is 0.809. The van der Waals surface area contributed by atoms with Crippen LogP contribution < -0.4 is 15.1 Å². The number of carbonyl (C=O) groups excluding carboxylic acids is 1. The number of carbonyl (C=O) groups is 1. The summed E-state index contributed by atoms with van der Waals surface area (Å²) in [4.78, 5) is 13.6. The summed E-state index contributed by atoms with van der Waals surface area (Å²) in [7, 11) is 3.88. The van der Waals surface area contributed by atoms with Gasteiger partial charge < -0.3 is 14.1 Å². The van der Waals surface area contributed by atoms with Gasteiger partial charge >= 0.3 is 0 Å². The predicted octanol–water partition coefficient (Wildman–Crippen LogP) is 2.64. The summed E-state index contributed by atoms with van der Waals surface area (Å²) in [6.07, 6.45) is 1.41. The Hall–Kier alpha value is -2.28. The van der Waals surface area contributed by atoms with Gasteiger partial charge in [0.1, 0.15) is 11.5 Å². The van der Waals surface area contributed by atoms with Crippen molar-refractivity contribution in [2.24, 2.45) is 5.10 Å². The molecule has 2 rings (SSSR count). The maximum Gasteiger partial charge on any atom is 0.277 e. The van der Waals surface area contributed by atoms with Crippen molar-refractivity contribution >= 4 is 33.7 Å². The molecule has 0 aliphatic heterocycles. The molecule has 0 bridgehead atoms. The third-order valence-electron chi connectivity index (χ3n) is 2.68. The normalized spacial score (nSPS) is 10.7. The Bertz CT molecular complexity index is 668. The second-order valence-electron chi connectivity index (χ2n) is 4.62. The zero-order valence-corrected chi connectivity index (χ0v) is 13.8. The van der Waals surface area contributed by atoms with Crippen LogP contribution in [0.15, 0.2) is 50.6 Å². The molecule has 1 aromatic heterocycles. The summed E-state index contributed by atoms with van der Waals surface area (Å²) >= 11 is 3.18. The maximum atomic E-state index is 11.6. The zero-order valence-electron chi connectivity index (χ0n) is 12.2. The van der Waals surface area contributed by atoms with Gasteiger partial charge in [0.2, 0.25) is 0 Å². The van der Waals surface area contributed by atoms with Crippen molar-refractivity contribution in [3.8, 4) is 5.75 Å². The first-order chi connectivity index (χ1) is 10.5. The fourth-order valence-electron chi connectivity index (χ4n) is 1.60. The van der Waals surface area contributed by atoms with Gasteiger partial charge in [-0.05, 0) is 40.2 Å². The highest BCUT2D eigenvalue weighted by molar-refractivity contribution is 9.10. The topological polar surface area (TPSA) is 67.1 Å². The lowest BCUT2D eigenvalue weighted by Gasteiger charge is -2.13. The minimum Gasteiger partial charge on any atom is -0.484 e. The first kappa shape index (κ1) is 16.1. The third-order valence-corrected chi connectivity index (χ3v) is 3.11. The highest BCUT2D eigenvalue weighted by Crippen LogP contribution is 2.19. The molecular formula is C15H16BrN3O3. The largest absolute Gasteiger partial charge is 0.484 e. The van der Waals surface area contributed by atoms with Gasteiger partial charge in [0.15, 0.2) is 11.3 Å². The second-order valence-corrected chi connectivity index (χ2v) is 5.40. The van der Waals surface area contributed by atoms with E-state index >= 15 is 0 Å². The Morgan fingerprint density at radius 2 is 2.23 bits per heavy atom. The van der Waals surface area contributed by atoms with E-state index in [4.69, 9.17) is 9.15 Å². The molecule has 1 aromatic carbocycles. The average molecular weight is 366 g/mol. The van der Waals surface area contributed by atoms with Gasteiger partial charge in [-0.3, -0.25) is 4.79 Å². The molecule has 0 atom stereocenters. The summed E-state index contributed by atoms with van der Waals surface area (Å²) < 4.78 is 11.2. The lowest BCUT2D eigenvalue weighted by Crippen LogP contribution is -2.24. The minimum absolute atomic E-state index is 0.115. The SMILES string of the molecule is CN(C)c1cccc(OCC(=O)N/N=C/c2ccc(Br)o2)c1. The minimum atomic E-state index is -0.350. The van der Waals surface area contributed by atoms with Gasteiger partial charge in [0.05, 0.1) is 6.21 Å². The van der Waals surface area contributed by atoms with Gasteiger partial charge in [-0.1, -0.05) is 6.07 Å². The predicted molar refractivity (Wildman–Crippen MR) is 88.4 cm³/mol. The molecule has 1 heterocycles. The molecule has 0 aliphatic carbocycles. The Morgan fingerprint density at radius 3 is 2.91 bits per heavy atom. The molecule has 0 radical (unpaired) electrons. The summed E-state index contributed by atoms with van der Waals surface area (Å²) in [5.41, 5.74) is 3.37. The quantitative estimate of drug-likeness (QED) is 0.631. The summed E-state index contributed by atoms with van der Waals surface area (Å²) in [6, 6.07) is 10.9. The molecule has 1 N–H and O–H groups in total. The number of benzene rings is 1. The standard InChI is InChI=1S/C15H16BrN3O3/c1-19(2)11-4-3-5-12(8-11)21-10-15(20)18-17-9-13-6-7-14(16)22-13/h3-9H,10H2,1-2H3,(H,18,20)/b17-9+. The number of hydrazone groups is 1. The van der Waals surface area contributed by atoms with Gasteiger partial charge in [-0.15, -0.1) is 0 Å².